The summed E-state index contributed by atoms with van der Waals surface area (Å²) in [5, 5.41) is 5.27. The van der Waals surface area contributed by atoms with Crippen LogP contribution < -0.4 is 0 Å². The first-order valence-electron chi connectivity index (χ1n) is 8.81. The number of hydrogen-bond acceptors (Lipinski definition) is 1. The highest BCUT2D eigenvalue weighted by Crippen LogP contribution is 2.30. The lowest BCUT2D eigenvalue weighted by molar-refractivity contribution is 0.104. The molecule has 0 aliphatic heterocycles. The summed E-state index contributed by atoms with van der Waals surface area (Å²) in [4.78, 5) is 0. The number of rotatable bonds is 5. The summed E-state index contributed by atoms with van der Waals surface area (Å²) >= 11 is 0. The van der Waals surface area contributed by atoms with Crippen LogP contribution in [0.3, 0.4) is 0 Å². The smallest absolute Gasteiger partial charge is 0.0652 e. The van der Waals surface area contributed by atoms with Crippen molar-refractivity contribution < 1.29 is 4.74 Å². The van der Waals surface area contributed by atoms with Crippen molar-refractivity contribution in [2.75, 3.05) is 7.11 Å². The first-order valence-corrected chi connectivity index (χ1v) is 8.81. The van der Waals surface area contributed by atoms with Gasteiger partial charge in [-0.15, -0.1) is 0 Å². The predicted molar refractivity (Wildman–Crippen MR) is 106 cm³/mol. The van der Waals surface area contributed by atoms with E-state index in [0.29, 0.717) is 0 Å². The van der Waals surface area contributed by atoms with E-state index in [1.807, 2.05) is 7.11 Å². The molecule has 0 heterocycles. The minimum absolute atomic E-state index is 0.173. The largest absolute Gasteiger partial charge is 0.381 e. The van der Waals surface area contributed by atoms with Crippen LogP contribution in [0.4, 0.5) is 0 Å². The van der Waals surface area contributed by atoms with E-state index >= 15 is 0 Å². The van der Waals surface area contributed by atoms with Crippen LogP contribution in [0.1, 0.15) is 11.1 Å². The van der Waals surface area contributed by atoms with Crippen molar-refractivity contribution in [2.24, 2.45) is 0 Å². The molecule has 4 rings (SSSR count). The Hall–Kier alpha value is -2.64. The summed E-state index contributed by atoms with van der Waals surface area (Å²) in [6, 6.07) is 30.2. The van der Waals surface area contributed by atoms with Crippen molar-refractivity contribution in [1.82, 2.24) is 0 Å². The third kappa shape index (κ3) is 3.29. The van der Waals surface area contributed by atoms with Gasteiger partial charge in [0.25, 0.3) is 0 Å². The van der Waals surface area contributed by atoms with Gasteiger partial charge in [0, 0.05) is 7.11 Å². The average Bonchev–Trinajstić information content (AvgIpc) is 2.68. The summed E-state index contributed by atoms with van der Waals surface area (Å²) in [5.41, 5.74) is 2.68. The van der Waals surface area contributed by atoms with Gasteiger partial charge < -0.3 is 4.74 Å². The Balaban J connectivity index is 1.74. The first kappa shape index (κ1) is 15.9. The van der Waals surface area contributed by atoms with Crippen LogP contribution >= 0.6 is 0 Å². The molecule has 0 amide bonds. The molecule has 0 N–H and O–H groups in total. The van der Waals surface area contributed by atoms with Gasteiger partial charge in [-0.05, 0) is 45.5 Å². The normalized spacial score (nSPS) is 12.5. The molecule has 0 radical (unpaired) electrons. The van der Waals surface area contributed by atoms with Crippen molar-refractivity contribution >= 4 is 21.5 Å². The van der Waals surface area contributed by atoms with Crippen molar-refractivity contribution in [1.29, 1.82) is 0 Å². The Labute approximate surface area is 148 Å². The highest BCUT2D eigenvalue weighted by molar-refractivity contribution is 6.08. The van der Waals surface area contributed by atoms with Crippen molar-refractivity contribution in [3.05, 3.63) is 96.1 Å². The second kappa shape index (κ2) is 7.08. The highest BCUT2D eigenvalue weighted by atomic mass is 16.5. The lowest BCUT2D eigenvalue weighted by Crippen LogP contribution is -2.17. The molecule has 1 atom stereocenters. The number of hydrogen-bond donors (Lipinski definition) is 0. The van der Waals surface area contributed by atoms with Crippen LogP contribution in [0.15, 0.2) is 84.9 Å². The molecule has 0 saturated carbocycles. The first-order chi connectivity index (χ1) is 12.3. The fourth-order valence-electron chi connectivity index (χ4n) is 3.66. The molecular formula is C24H22O. The number of ether oxygens (including phenoxy) is 1. The molecule has 0 aliphatic carbocycles. The third-order valence-electron chi connectivity index (χ3n) is 4.94. The molecule has 0 spiro atoms. The van der Waals surface area contributed by atoms with Gasteiger partial charge in [0.05, 0.1) is 6.10 Å². The lowest BCUT2D eigenvalue weighted by atomic mass is 9.93. The summed E-state index contributed by atoms with van der Waals surface area (Å²) in [6.45, 7) is 0. The zero-order valence-electron chi connectivity index (χ0n) is 14.5. The number of fused-ring (bicyclic) bond motifs is 3. The van der Waals surface area contributed by atoms with Gasteiger partial charge in [-0.2, -0.15) is 0 Å². The van der Waals surface area contributed by atoms with Gasteiger partial charge in [0.15, 0.2) is 0 Å². The Morgan fingerprint density at radius 2 is 1.32 bits per heavy atom. The average molecular weight is 326 g/mol. The summed E-state index contributed by atoms with van der Waals surface area (Å²) < 4.78 is 5.82. The maximum absolute atomic E-state index is 5.82. The molecular weight excluding hydrogens is 304 g/mol. The van der Waals surface area contributed by atoms with Crippen LogP contribution in [0.2, 0.25) is 0 Å². The Kier molecular flexibility index (Phi) is 4.49. The number of benzene rings is 4. The summed E-state index contributed by atoms with van der Waals surface area (Å²) in [7, 11) is 1.82. The zero-order chi connectivity index (χ0) is 17.1. The Morgan fingerprint density at radius 1 is 0.680 bits per heavy atom. The van der Waals surface area contributed by atoms with Crippen molar-refractivity contribution in [2.45, 2.75) is 18.9 Å². The maximum atomic E-state index is 5.82. The molecule has 0 aromatic heterocycles. The van der Waals surface area contributed by atoms with E-state index in [4.69, 9.17) is 4.74 Å². The van der Waals surface area contributed by atoms with Gasteiger partial charge >= 0.3 is 0 Å². The van der Waals surface area contributed by atoms with Crippen molar-refractivity contribution in [3.8, 4) is 0 Å². The van der Waals surface area contributed by atoms with Crippen LogP contribution in [-0.2, 0) is 17.6 Å². The van der Waals surface area contributed by atoms with E-state index in [2.05, 4.69) is 84.9 Å². The molecule has 1 unspecified atom stereocenters. The van der Waals surface area contributed by atoms with Gasteiger partial charge in [-0.1, -0.05) is 84.9 Å². The molecule has 0 bridgehead atoms. The SMILES string of the molecule is COC(Cc1ccccc1)Cc1cc2ccccc2c2ccccc12. The molecule has 124 valence electrons. The molecule has 0 fully saturated rings. The number of methoxy groups -OCH3 is 1. The van der Waals surface area contributed by atoms with Gasteiger partial charge in [0.2, 0.25) is 0 Å². The second-order valence-electron chi connectivity index (χ2n) is 6.55. The lowest BCUT2D eigenvalue weighted by Gasteiger charge is -2.18. The molecule has 4 aromatic carbocycles. The highest BCUT2D eigenvalue weighted by Gasteiger charge is 2.13. The van der Waals surface area contributed by atoms with E-state index in [-0.39, 0.29) is 6.10 Å². The summed E-state index contributed by atoms with van der Waals surface area (Å²) in [6.07, 6.45) is 2.02. The monoisotopic (exact) mass is 326 g/mol. The van der Waals surface area contributed by atoms with Crippen LogP contribution in [0.25, 0.3) is 21.5 Å². The van der Waals surface area contributed by atoms with Crippen LogP contribution in [0, 0.1) is 0 Å². The zero-order valence-corrected chi connectivity index (χ0v) is 14.5. The maximum Gasteiger partial charge on any atom is 0.0652 e. The van der Waals surface area contributed by atoms with Gasteiger partial charge in [0.1, 0.15) is 0 Å². The second-order valence-corrected chi connectivity index (χ2v) is 6.55. The quantitative estimate of drug-likeness (QED) is 0.422. The van der Waals surface area contributed by atoms with Crippen LogP contribution in [0.5, 0.6) is 0 Å². The standard InChI is InChI=1S/C24H22O/c1-25-21(15-18-9-3-2-4-10-18)17-20-16-19-11-5-6-12-22(19)24-14-8-7-13-23(20)24/h2-14,16,21H,15,17H2,1H3. The van der Waals surface area contributed by atoms with E-state index in [1.165, 1.54) is 32.7 Å². The molecule has 1 heteroatoms. The molecule has 4 aromatic rings. The van der Waals surface area contributed by atoms with E-state index in [9.17, 15) is 0 Å². The summed E-state index contributed by atoms with van der Waals surface area (Å²) in [5.74, 6) is 0. The van der Waals surface area contributed by atoms with Gasteiger partial charge in [-0.3, -0.25) is 0 Å². The Morgan fingerprint density at radius 3 is 2.08 bits per heavy atom. The van der Waals surface area contributed by atoms with Crippen molar-refractivity contribution in [3.63, 3.8) is 0 Å². The van der Waals surface area contributed by atoms with Gasteiger partial charge in [-0.25, -0.2) is 0 Å². The molecule has 25 heavy (non-hydrogen) atoms. The Bertz CT molecular complexity index is 988. The fraction of sp³-hybridized carbons (Fsp3) is 0.167. The minimum atomic E-state index is 0.173. The van der Waals surface area contributed by atoms with E-state index in [0.717, 1.165) is 12.8 Å². The molecule has 0 aliphatic rings. The minimum Gasteiger partial charge on any atom is -0.381 e. The van der Waals surface area contributed by atoms with Crippen LogP contribution in [-0.4, -0.2) is 13.2 Å². The van der Waals surface area contributed by atoms with E-state index < -0.39 is 0 Å². The topological polar surface area (TPSA) is 9.23 Å². The third-order valence-corrected chi connectivity index (χ3v) is 4.94. The molecule has 0 saturated heterocycles. The molecule has 1 nitrogen and oxygen atoms in total. The fourth-order valence-corrected chi connectivity index (χ4v) is 3.66. The van der Waals surface area contributed by atoms with E-state index in [1.54, 1.807) is 0 Å². The predicted octanol–water partition coefficient (Wildman–Crippen LogP) is 5.79.